The van der Waals surface area contributed by atoms with Crippen LogP contribution in [0.2, 0.25) is 0 Å². The van der Waals surface area contributed by atoms with Crippen LogP contribution in [0, 0.1) is 17.5 Å². The number of carbonyl (C=O) groups is 2. The van der Waals surface area contributed by atoms with E-state index in [9.17, 15) is 22.8 Å². The first-order valence-corrected chi connectivity index (χ1v) is 10.8. The molecule has 0 unspecified atom stereocenters. The molecule has 4 aromatic carbocycles. The van der Waals surface area contributed by atoms with Gasteiger partial charge in [-0.3, -0.25) is 9.59 Å². The largest absolute Gasteiger partial charge is 0.326 e. The van der Waals surface area contributed by atoms with Gasteiger partial charge in [0.15, 0.2) is 0 Å². The predicted octanol–water partition coefficient (Wildman–Crippen LogP) is 6.13. The maximum Gasteiger partial charge on any atom is 0.258 e. The Morgan fingerprint density at radius 1 is 0.686 bits per heavy atom. The van der Waals surface area contributed by atoms with Crippen molar-refractivity contribution in [1.82, 2.24) is 0 Å². The van der Waals surface area contributed by atoms with E-state index in [1.807, 2.05) is 0 Å². The number of rotatable bonds is 7. The predicted molar refractivity (Wildman–Crippen MR) is 128 cm³/mol. The van der Waals surface area contributed by atoms with Gasteiger partial charge in [0.25, 0.3) is 5.91 Å². The number of nitrogens with zero attached hydrogens (tertiary/aromatic N) is 1. The second-order valence-electron chi connectivity index (χ2n) is 7.93. The van der Waals surface area contributed by atoms with Gasteiger partial charge in [-0.05, 0) is 77.9 Å². The Labute approximate surface area is 200 Å². The van der Waals surface area contributed by atoms with E-state index in [0.717, 1.165) is 6.07 Å². The first kappa shape index (κ1) is 23.8. The van der Waals surface area contributed by atoms with Crippen LogP contribution < -0.4 is 10.2 Å². The molecule has 1 N–H and O–H groups in total. The third-order valence-corrected chi connectivity index (χ3v) is 5.31. The minimum atomic E-state index is -0.528. The van der Waals surface area contributed by atoms with Gasteiger partial charge in [0.2, 0.25) is 5.91 Å². The fourth-order valence-corrected chi connectivity index (χ4v) is 3.55. The zero-order valence-electron chi connectivity index (χ0n) is 18.5. The van der Waals surface area contributed by atoms with Crippen molar-refractivity contribution in [2.45, 2.75) is 13.0 Å². The Bertz CT molecular complexity index is 1320. The van der Waals surface area contributed by atoms with Gasteiger partial charge >= 0.3 is 0 Å². The molecule has 4 nitrogen and oxygen atoms in total. The van der Waals surface area contributed by atoms with Crippen LogP contribution in [0.25, 0.3) is 0 Å². The molecule has 0 fully saturated rings. The molecule has 176 valence electrons. The quantitative estimate of drug-likeness (QED) is 0.350. The van der Waals surface area contributed by atoms with E-state index >= 15 is 0 Å². The fraction of sp³-hybridized carbons (Fsp3) is 0.0714. The number of benzene rings is 4. The molecule has 0 bridgehead atoms. The summed E-state index contributed by atoms with van der Waals surface area (Å²) >= 11 is 0. The highest BCUT2D eigenvalue weighted by Crippen LogP contribution is 2.22. The normalized spacial score (nSPS) is 10.6. The summed E-state index contributed by atoms with van der Waals surface area (Å²) < 4.78 is 40.1. The zero-order valence-corrected chi connectivity index (χ0v) is 18.5. The molecular weight excluding hydrogens is 453 g/mol. The van der Waals surface area contributed by atoms with Crippen LogP contribution in [-0.4, -0.2) is 11.8 Å². The average molecular weight is 474 g/mol. The number of amides is 2. The van der Waals surface area contributed by atoms with Crippen molar-refractivity contribution < 1.29 is 22.8 Å². The van der Waals surface area contributed by atoms with Crippen molar-refractivity contribution in [3.63, 3.8) is 0 Å². The van der Waals surface area contributed by atoms with Gasteiger partial charge < -0.3 is 10.2 Å². The summed E-state index contributed by atoms with van der Waals surface area (Å²) in [5.41, 5.74) is 2.59. The van der Waals surface area contributed by atoms with Crippen molar-refractivity contribution in [3.8, 4) is 0 Å². The van der Waals surface area contributed by atoms with Crippen molar-refractivity contribution >= 4 is 23.2 Å². The highest BCUT2D eigenvalue weighted by molar-refractivity contribution is 6.06. The first-order valence-electron chi connectivity index (χ1n) is 10.8. The molecule has 0 saturated carbocycles. The fourth-order valence-electron chi connectivity index (χ4n) is 3.55. The van der Waals surface area contributed by atoms with Crippen molar-refractivity contribution in [1.29, 1.82) is 0 Å². The molecule has 0 atom stereocenters. The maximum atomic E-state index is 13.7. The third-order valence-electron chi connectivity index (χ3n) is 5.31. The lowest BCUT2D eigenvalue weighted by molar-refractivity contribution is -0.115. The van der Waals surface area contributed by atoms with Gasteiger partial charge in [-0.1, -0.05) is 30.3 Å². The van der Waals surface area contributed by atoms with Crippen LogP contribution in [0.4, 0.5) is 24.5 Å². The molecule has 0 saturated heterocycles. The van der Waals surface area contributed by atoms with Crippen molar-refractivity contribution in [2.75, 3.05) is 10.2 Å². The highest BCUT2D eigenvalue weighted by atomic mass is 19.1. The number of nitrogens with one attached hydrogen (secondary N) is 1. The Morgan fingerprint density at radius 3 is 1.91 bits per heavy atom. The molecule has 7 heteroatoms. The molecule has 0 spiro atoms. The van der Waals surface area contributed by atoms with Gasteiger partial charge in [-0.25, -0.2) is 13.2 Å². The Balaban J connectivity index is 1.53. The molecule has 4 rings (SSSR count). The van der Waals surface area contributed by atoms with Crippen LogP contribution in [-0.2, 0) is 17.8 Å². The standard InChI is InChI=1S/C28H21F3N2O2/c29-22-8-4-20(5-9-22)18-33(28(35)21-2-1-3-24(31)17-21)26-14-6-19(7-15-26)16-27(34)32-25-12-10-23(30)11-13-25/h1-15,17H,16,18H2,(H,32,34). The van der Waals surface area contributed by atoms with Gasteiger partial charge in [0, 0.05) is 16.9 Å². The first-order chi connectivity index (χ1) is 16.9. The Morgan fingerprint density at radius 2 is 1.29 bits per heavy atom. The van der Waals surface area contributed by atoms with Crippen molar-refractivity contribution in [2.24, 2.45) is 0 Å². The van der Waals surface area contributed by atoms with E-state index < -0.39 is 17.5 Å². The SMILES string of the molecule is O=C(Cc1ccc(N(Cc2ccc(F)cc2)C(=O)c2cccc(F)c2)cc1)Nc1ccc(F)cc1. The number of carbonyl (C=O) groups excluding carboxylic acids is 2. The molecule has 0 aromatic heterocycles. The van der Waals surface area contributed by atoms with Crippen LogP contribution >= 0.6 is 0 Å². The molecular formula is C28H21F3N2O2. The molecule has 35 heavy (non-hydrogen) atoms. The summed E-state index contributed by atoms with van der Waals surface area (Å²) in [5, 5.41) is 2.70. The lowest BCUT2D eigenvalue weighted by Gasteiger charge is -2.23. The lowest BCUT2D eigenvalue weighted by atomic mass is 10.1. The van der Waals surface area contributed by atoms with E-state index in [-0.39, 0.29) is 30.3 Å². The van der Waals surface area contributed by atoms with Crippen LogP contribution in [0.5, 0.6) is 0 Å². The maximum absolute atomic E-state index is 13.7. The number of anilines is 2. The minimum absolute atomic E-state index is 0.0768. The topological polar surface area (TPSA) is 49.4 Å². The Hall–Kier alpha value is -4.39. The van der Waals surface area contributed by atoms with Gasteiger partial charge in [0.05, 0.1) is 13.0 Å². The molecule has 0 aliphatic carbocycles. The van der Waals surface area contributed by atoms with Gasteiger partial charge in [0.1, 0.15) is 17.5 Å². The highest BCUT2D eigenvalue weighted by Gasteiger charge is 2.19. The van der Waals surface area contributed by atoms with Crippen LogP contribution in [0.1, 0.15) is 21.5 Å². The minimum Gasteiger partial charge on any atom is -0.326 e. The monoisotopic (exact) mass is 474 g/mol. The van der Waals surface area contributed by atoms with E-state index in [1.54, 1.807) is 36.4 Å². The smallest absolute Gasteiger partial charge is 0.258 e. The number of hydrogen-bond donors (Lipinski definition) is 1. The summed E-state index contributed by atoms with van der Waals surface area (Å²) in [5.74, 6) is -2.00. The summed E-state index contributed by atoms with van der Waals surface area (Å²) in [6.45, 7) is 0.139. The van der Waals surface area contributed by atoms with Gasteiger partial charge in [-0.15, -0.1) is 0 Å². The number of hydrogen-bond acceptors (Lipinski definition) is 2. The lowest BCUT2D eigenvalue weighted by Crippen LogP contribution is -2.30. The summed E-state index contributed by atoms with van der Waals surface area (Å²) in [4.78, 5) is 27.1. The average Bonchev–Trinajstić information content (AvgIpc) is 2.85. The molecule has 0 radical (unpaired) electrons. The summed E-state index contributed by atoms with van der Waals surface area (Å²) in [6, 6.07) is 23.5. The zero-order chi connectivity index (χ0) is 24.8. The Kier molecular flexibility index (Phi) is 7.26. The summed E-state index contributed by atoms with van der Waals surface area (Å²) in [7, 11) is 0. The molecule has 4 aromatic rings. The van der Waals surface area contributed by atoms with Crippen LogP contribution in [0.3, 0.4) is 0 Å². The second kappa shape index (κ2) is 10.7. The van der Waals surface area contributed by atoms with E-state index in [0.29, 0.717) is 22.5 Å². The van der Waals surface area contributed by atoms with Crippen molar-refractivity contribution in [3.05, 3.63) is 131 Å². The molecule has 2 amide bonds. The van der Waals surface area contributed by atoms with Crippen LogP contribution in [0.15, 0.2) is 97.1 Å². The molecule has 0 aliphatic heterocycles. The van der Waals surface area contributed by atoms with Gasteiger partial charge in [-0.2, -0.15) is 0 Å². The molecule has 0 heterocycles. The van der Waals surface area contributed by atoms with E-state index in [4.69, 9.17) is 0 Å². The van der Waals surface area contributed by atoms with E-state index in [1.165, 1.54) is 59.5 Å². The summed E-state index contributed by atoms with van der Waals surface area (Å²) in [6.07, 6.45) is 0.0768. The second-order valence-corrected chi connectivity index (χ2v) is 7.93. The molecule has 0 aliphatic rings. The third kappa shape index (κ3) is 6.35. The van der Waals surface area contributed by atoms with E-state index in [2.05, 4.69) is 5.32 Å². The number of halogens is 3.